The van der Waals surface area contributed by atoms with E-state index in [1.165, 1.54) is 16.0 Å². The quantitative estimate of drug-likeness (QED) is 0.532. The molecule has 154 valence electrons. The number of carbonyl (C=O) groups excluding carboxylic acids is 1. The number of anilines is 1. The van der Waals surface area contributed by atoms with E-state index in [-0.39, 0.29) is 11.9 Å². The molecule has 0 aliphatic heterocycles. The summed E-state index contributed by atoms with van der Waals surface area (Å²) in [5.74, 6) is 0.509. The Labute approximate surface area is 182 Å². The van der Waals surface area contributed by atoms with Gasteiger partial charge in [0.05, 0.1) is 17.4 Å². The van der Waals surface area contributed by atoms with Gasteiger partial charge in [-0.15, -0.1) is 11.3 Å². The number of quaternary nitrogens is 1. The molecule has 0 spiro atoms. The first-order valence-electron chi connectivity index (χ1n) is 10.3. The van der Waals surface area contributed by atoms with Crippen molar-refractivity contribution in [3.8, 4) is 6.07 Å². The largest absolute Gasteiger partial charge is 0.328 e. The Morgan fingerprint density at radius 1 is 1.10 bits per heavy atom. The van der Waals surface area contributed by atoms with E-state index in [1.54, 1.807) is 11.3 Å². The molecule has 0 aliphatic carbocycles. The van der Waals surface area contributed by atoms with Crippen LogP contribution in [0.1, 0.15) is 53.8 Å². The van der Waals surface area contributed by atoms with Crippen LogP contribution in [0.5, 0.6) is 0 Å². The Morgan fingerprint density at radius 3 is 2.40 bits per heavy atom. The lowest BCUT2D eigenvalue weighted by Crippen LogP contribution is -2.87. The maximum absolute atomic E-state index is 12.5. The molecule has 0 saturated heterocycles. The Balaban J connectivity index is 1.66. The van der Waals surface area contributed by atoms with Crippen molar-refractivity contribution in [2.24, 2.45) is 0 Å². The molecule has 5 heteroatoms. The van der Waals surface area contributed by atoms with Crippen LogP contribution < -0.4 is 10.6 Å². The summed E-state index contributed by atoms with van der Waals surface area (Å²) in [6, 6.07) is 22.6. The molecule has 3 aromatic rings. The molecule has 0 unspecified atom stereocenters. The van der Waals surface area contributed by atoms with Crippen molar-refractivity contribution in [1.82, 2.24) is 0 Å². The summed E-state index contributed by atoms with van der Waals surface area (Å²) in [6.45, 7) is 4.78. The summed E-state index contributed by atoms with van der Waals surface area (Å²) in [4.78, 5) is 13.8. The summed E-state index contributed by atoms with van der Waals surface area (Å²) >= 11 is 1.71. The maximum Gasteiger partial charge on any atom is 0.279 e. The van der Waals surface area contributed by atoms with E-state index >= 15 is 0 Å². The van der Waals surface area contributed by atoms with E-state index in [1.807, 2.05) is 24.3 Å². The third-order valence-electron chi connectivity index (χ3n) is 5.39. The van der Waals surface area contributed by atoms with E-state index < -0.39 is 0 Å². The van der Waals surface area contributed by atoms with Crippen LogP contribution >= 0.6 is 11.3 Å². The molecule has 2 atom stereocenters. The van der Waals surface area contributed by atoms with Gasteiger partial charge in [0, 0.05) is 11.3 Å². The summed E-state index contributed by atoms with van der Waals surface area (Å²) in [7, 11) is 0. The molecule has 3 rings (SSSR count). The van der Waals surface area contributed by atoms with Crippen molar-refractivity contribution >= 4 is 22.9 Å². The molecule has 0 bridgehead atoms. The zero-order chi connectivity index (χ0) is 21.3. The standard InChI is InChI=1S/C25H27N3OS/c1-3-18(2)20-8-10-21(11-9-20)25(23-5-4-16-30-23)27-17-24(29)28-22-12-6-19(7-13-22)14-15-26/h4-13,16,18,25,27H,3,14,17H2,1-2H3,(H,28,29)/p+1/t18-,25+/m0/s1. The van der Waals surface area contributed by atoms with Gasteiger partial charge >= 0.3 is 0 Å². The van der Waals surface area contributed by atoms with Crippen molar-refractivity contribution in [2.45, 2.75) is 38.6 Å². The second kappa shape index (κ2) is 10.7. The van der Waals surface area contributed by atoms with Crippen LogP contribution in [0.4, 0.5) is 5.69 Å². The van der Waals surface area contributed by atoms with E-state index in [4.69, 9.17) is 5.26 Å². The van der Waals surface area contributed by atoms with Crippen LogP contribution in [0.15, 0.2) is 66.0 Å². The Hall–Kier alpha value is -2.94. The molecule has 0 fully saturated rings. The molecular formula is C25H28N3OS+. The number of carbonyl (C=O) groups is 1. The SMILES string of the molecule is CC[C@H](C)c1ccc([C@@H]([NH2+]CC(=O)Nc2ccc(CC#N)cc2)c2cccs2)cc1. The third-order valence-corrected chi connectivity index (χ3v) is 6.34. The number of amides is 1. The molecule has 1 heterocycles. The van der Waals surface area contributed by atoms with Crippen molar-refractivity contribution in [1.29, 1.82) is 5.26 Å². The van der Waals surface area contributed by atoms with Crippen LogP contribution in [-0.2, 0) is 11.2 Å². The zero-order valence-electron chi connectivity index (χ0n) is 17.5. The molecule has 4 nitrogen and oxygen atoms in total. The van der Waals surface area contributed by atoms with Crippen molar-refractivity contribution in [2.75, 3.05) is 11.9 Å². The molecule has 0 aliphatic rings. The minimum Gasteiger partial charge on any atom is -0.328 e. The lowest BCUT2D eigenvalue weighted by Gasteiger charge is -2.16. The van der Waals surface area contributed by atoms with Gasteiger partial charge in [-0.25, -0.2) is 0 Å². The normalized spacial score (nSPS) is 12.7. The van der Waals surface area contributed by atoms with Crippen molar-refractivity contribution in [3.05, 3.63) is 87.6 Å². The number of nitriles is 1. The Morgan fingerprint density at radius 2 is 1.80 bits per heavy atom. The predicted octanol–water partition coefficient (Wildman–Crippen LogP) is 4.62. The first-order chi connectivity index (χ1) is 14.6. The smallest absolute Gasteiger partial charge is 0.279 e. The number of nitrogens with one attached hydrogen (secondary N) is 1. The Kier molecular flexibility index (Phi) is 7.78. The van der Waals surface area contributed by atoms with E-state index in [2.05, 4.69) is 72.3 Å². The first kappa shape index (κ1) is 21.8. The maximum atomic E-state index is 12.5. The highest BCUT2D eigenvalue weighted by molar-refractivity contribution is 7.10. The van der Waals surface area contributed by atoms with Gasteiger partial charge in [-0.1, -0.05) is 56.3 Å². The number of benzene rings is 2. The summed E-state index contributed by atoms with van der Waals surface area (Å²) < 4.78 is 0. The molecule has 2 aromatic carbocycles. The van der Waals surface area contributed by atoms with Gasteiger partial charge in [-0.05, 0) is 47.0 Å². The van der Waals surface area contributed by atoms with Crippen molar-refractivity contribution < 1.29 is 10.1 Å². The van der Waals surface area contributed by atoms with Gasteiger partial charge in [-0.3, -0.25) is 4.79 Å². The van der Waals surface area contributed by atoms with Crippen LogP contribution in [-0.4, -0.2) is 12.5 Å². The van der Waals surface area contributed by atoms with E-state index in [0.717, 1.165) is 17.7 Å². The molecule has 0 saturated carbocycles. The highest BCUT2D eigenvalue weighted by Gasteiger charge is 2.20. The second-order valence-corrected chi connectivity index (χ2v) is 8.47. The third kappa shape index (κ3) is 5.79. The van der Waals surface area contributed by atoms with Gasteiger partial charge in [-0.2, -0.15) is 5.26 Å². The number of nitrogens with zero attached hydrogens (tertiary/aromatic N) is 1. The molecule has 30 heavy (non-hydrogen) atoms. The fraction of sp³-hybridized carbons (Fsp3) is 0.280. The molecule has 1 aromatic heterocycles. The monoisotopic (exact) mass is 418 g/mol. The highest BCUT2D eigenvalue weighted by Crippen LogP contribution is 2.25. The zero-order valence-corrected chi connectivity index (χ0v) is 18.3. The number of nitrogens with two attached hydrogens (primary N) is 1. The second-order valence-electron chi connectivity index (χ2n) is 7.49. The average molecular weight is 419 g/mol. The van der Waals surface area contributed by atoms with E-state index in [0.29, 0.717) is 18.9 Å². The number of hydrogen-bond donors (Lipinski definition) is 2. The fourth-order valence-electron chi connectivity index (χ4n) is 3.39. The van der Waals surface area contributed by atoms with Gasteiger partial charge in [0.2, 0.25) is 0 Å². The van der Waals surface area contributed by atoms with Crippen LogP contribution in [0.3, 0.4) is 0 Å². The molecule has 1 amide bonds. The van der Waals surface area contributed by atoms with Crippen LogP contribution in [0.2, 0.25) is 0 Å². The lowest BCUT2D eigenvalue weighted by atomic mass is 9.95. The minimum absolute atomic E-state index is 0.0409. The first-order valence-corrected chi connectivity index (χ1v) is 11.2. The van der Waals surface area contributed by atoms with Gasteiger partial charge in [0.25, 0.3) is 5.91 Å². The topological polar surface area (TPSA) is 69.5 Å². The van der Waals surface area contributed by atoms with Gasteiger partial charge in [0.1, 0.15) is 6.04 Å². The predicted molar refractivity (Wildman–Crippen MR) is 122 cm³/mol. The van der Waals surface area contributed by atoms with Crippen LogP contribution in [0.25, 0.3) is 0 Å². The summed E-state index contributed by atoms with van der Waals surface area (Å²) in [6.07, 6.45) is 1.50. The molecule has 0 radical (unpaired) electrons. The molecule has 3 N–H and O–H groups in total. The van der Waals surface area contributed by atoms with Crippen LogP contribution in [0, 0.1) is 11.3 Å². The van der Waals surface area contributed by atoms with Gasteiger partial charge < -0.3 is 10.6 Å². The minimum atomic E-state index is -0.0409. The Bertz CT molecular complexity index is 973. The lowest BCUT2D eigenvalue weighted by molar-refractivity contribution is -0.675. The highest BCUT2D eigenvalue weighted by atomic mass is 32.1. The summed E-state index contributed by atoms with van der Waals surface area (Å²) in [5, 5.41) is 15.9. The summed E-state index contributed by atoms with van der Waals surface area (Å²) in [5.41, 5.74) is 4.25. The number of hydrogen-bond acceptors (Lipinski definition) is 3. The average Bonchev–Trinajstić information content (AvgIpc) is 3.30. The van der Waals surface area contributed by atoms with Crippen molar-refractivity contribution in [3.63, 3.8) is 0 Å². The van der Waals surface area contributed by atoms with Gasteiger partial charge in [0.15, 0.2) is 6.54 Å². The number of thiophene rings is 1. The number of rotatable bonds is 9. The molecular weight excluding hydrogens is 390 g/mol. The fourth-order valence-corrected chi connectivity index (χ4v) is 4.24. The van der Waals surface area contributed by atoms with E-state index in [9.17, 15) is 4.79 Å².